The molecule has 1 aliphatic carbocycles. The van der Waals surface area contributed by atoms with Crippen molar-refractivity contribution < 1.29 is 17.7 Å². The summed E-state index contributed by atoms with van der Waals surface area (Å²) < 4.78 is 45.7. The number of benzene rings is 1. The van der Waals surface area contributed by atoms with Gasteiger partial charge in [0.25, 0.3) is 0 Å². The standard InChI is InChI=1S/C16H13BrF2N2O2S/c17-9-5-6-11-12(7-9)21-14(20-11)8-24(22)15(21)10-3-1-2-4-13(10)23-16(18)19/h1-2,5-7,13,16H,3-4,8H2/b15-10-. The van der Waals surface area contributed by atoms with Crippen LogP contribution in [0.5, 0.6) is 0 Å². The van der Waals surface area contributed by atoms with Gasteiger partial charge in [-0.1, -0.05) is 28.1 Å². The van der Waals surface area contributed by atoms with Crippen LogP contribution in [0.4, 0.5) is 8.78 Å². The van der Waals surface area contributed by atoms with E-state index in [1.54, 1.807) is 0 Å². The fourth-order valence-corrected chi connectivity index (χ4v) is 5.02. The number of alkyl halides is 2. The molecule has 1 aliphatic heterocycles. The van der Waals surface area contributed by atoms with E-state index in [0.29, 0.717) is 29.3 Å². The highest BCUT2D eigenvalue weighted by Crippen LogP contribution is 2.38. The Kier molecular flexibility index (Phi) is 4.14. The van der Waals surface area contributed by atoms with Crippen LogP contribution in [0.1, 0.15) is 18.7 Å². The molecule has 0 amide bonds. The highest BCUT2D eigenvalue weighted by molar-refractivity contribution is 9.10. The molecule has 2 unspecified atom stereocenters. The van der Waals surface area contributed by atoms with E-state index in [9.17, 15) is 13.0 Å². The summed E-state index contributed by atoms with van der Waals surface area (Å²) in [5.74, 6) is 0.977. The average Bonchev–Trinajstić information content (AvgIpc) is 3.02. The van der Waals surface area contributed by atoms with Gasteiger partial charge in [0.2, 0.25) is 0 Å². The fraction of sp³-hybridized carbons (Fsp3) is 0.312. The number of rotatable bonds is 2. The van der Waals surface area contributed by atoms with Gasteiger partial charge in [0.15, 0.2) is 0 Å². The van der Waals surface area contributed by atoms with E-state index < -0.39 is 23.5 Å². The lowest BCUT2D eigenvalue weighted by Crippen LogP contribution is -2.22. The first kappa shape index (κ1) is 16.1. The van der Waals surface area contributed by atoms with Crippen LogP contribution < -0.4 is 0 Å². The molecule has 24 heavy (non-hydrogen) atoms. The van der Waals surface area contributed by atoms with Gasteiger partial charge in [0.1, 0.15) is 10.9 Å². The van der Waals surface area contributed by atoms with Crippen molar-refractivity contribution in [2.24, 2.45) is 0 Å². The maximum atomic E-state index is 12.7. The SMILES string of the molecule is O=S1Cc2nc3ccc(Br)cc3n2/C1=C1\CC=CCC1OC(F)F. The maximum Gasteiger partial charge on any atom is 0.345 e. The van der Waals surface area contributed by atoms with Crippen LogP contribution >= 0.6 is 15.9 Å². The van der Waals surface area contributed by atoms with E-state index >= 15 is 0 Å². The average molecular weight is 415 g/mol. The second-order valence-corrected chi connectivity index (χ2v) is 7.90. The second kappa shape index (κ2) is 6.16. The molecule has 4 rings (SSSR count). The molecule has 2 atom stereocenters. The Labute approximate surface area is 147 Å². The third-order valence-corrected chi connectivity index (χ3v) is 6.04. The number of fused-ring (bicyclic) bond motifs is 3. The van der Waals surface area contributed by atoms with Gasteiger partial charge in [-0.05, 0) is 36.6 Å². The molecule has 0 N–H and O–H groups in total. The second-order valence-electron chi connectivity index (χ2n) is 5.61. The molecule has 1 aromatic carbocycles. The highest BCUT2D eigenvalue weighted by atomic mass is 79.9. The zero-order chi connectivity index (χ0) is 16.8. The summed E-state index contributed by atoms with van der Waals surface area (Å²) >= 11 is 3.43. The molecular formula is C16H13BrF2N2O2S. The van der Waals surface area contributed by atoms with E-state index in [1.807, 2.05) is 34.9 Å². The van der Waals surface area contributed by atoms with E-state index in [0.717, 1.165) is 15.5 Å². The lowest BCUT2D eigenvalue weighted by Gasteiger charge is -2.24. The Bertz CT molecular complexity index is 907. The first-order valence-corrected chi connectivity index (χ1v) is 9.53. The normalized spacial score (nSPS) is 26.5. The lowest BCUT2D eigenvalue weighted by molar-refractivity contribution is -0.152. The number of hydrogen-bond donors (Lipinski definition) is 0. The first-order chi connectivity index (χ1) is 11.5. The third kappa shape index (κ3) is 2.66. The highest BCUT2D eigenvalue weighted by Gasteiger charge is 2.33. The number of aromatic nitrogens is 2. The predicted molar refractivity (Wildman–Crippen MR) is 91.7 cm³/mol. The molecule has 0 bridgehead atoms. The molecule has 0 spiro atoms. The van der Waals surface area contributed by atoms with Gasteiger partial charge in [-0.2, -0.15) is 8.78 Å². The topological polar surface area (TPSA) is 44.1 Å². The van der Waals surface area contributed by atoms with Gasteiger partial charge < -0.3 is 4.74 Å². The number of hydrogen-bond acceptors (Lipinski definition) is 3. The third-order valence-electron chi connectivity index (χ3n) is 4.15. The first-order valence-electron chi connectivity index (χ1n) is 7.42. The zero-order valence-corrected chi connectivity index (χ0v) is 14.8. The van der Waals surface area contributed by atoms with E-state index in [1.165, 1.54) is 0 Å². The molecule has 4 nitrogen and oxygen atoms in total. The van der Waals surface area contributed by atoms with Crippen molar-refractivity contribution in [1.82, 2.24) is 9.55 Å². The Morgan fingerprint density at radius 1 is 1.38 bits per heavy atom. The Morgan fingerprint density at radius 3 is 3.00 bits per heavy atom. The van der Waals surface area contributed by atoms with Crippen LogP contribution in [0.15, 0.2) is 40.4 Å². The number of halogens is 3. The Balaban J connectivity index is 1.92. The molecule has 8 heteroatoms. The number of allylic oxidation sites excluding steroid dienone is 1. The molecule has 0 fully saturated rings. The largest absolute Gasteiger partial charge is 0.345 e. The maximum absolute atomic E-state index is 12.7. The molecular weight excluding hydrogens is 402 g/mol. The van der Waals surface area contributed by atoms with Crippen molar-refractivity contribution in [1.29, 1.82) is 0 Å². The number of ether oxygens (including phenoxy) is 1. The van der Waals surface area contributed by atoms with Crippen LogP contribution in [-0.2, 0) is 21.3 Å². The van der Waals surface area contributed by atoms with Crippen molar-refractivity contribution in [2.75, 3.05) is 0 Å². The summed E-state index contributed by atoms with van der Waals surface area (Å²) in [6, 6.07) is 5.67. The monoisotopic (exact) mass is 414 g/mol. The van der Waals surface area contributed by atoms with E-state index in [4.69, 9.17) is 4.74 Å². The molecule has 126 valence electrons. The molecule has 0 saturated heterocycles. The Morgan fingerprint density at radius 2 is 2.21 bits per heavy atom. The minimum absolute atomic E-state index is 0.288. The summed E-state index contributed by atoms with van der Waals surface area (Å²) in [6.45, 7) is -2.86. The van der Waals surface area contributed by atoms with Gasteiger partial charge in [-0.15, -0.1) is 0 Å². The quantitative estimate of drug-likeness (QED) is 0.692. The van der Waals surface area contributed by atoms with Crippen molar-refractivity contribution in [3.63, 3.8) is 0 Å². The number of imidazole rings is 1. The Hall–Kier alpha value is -1.38. The molecule has 2 aliphatic rings. The minimum Gasteiger partial charge on any atom is -0.315 e. The number of nitrogens with zero attached hydrogens (tertiary/aromatic N) is 2. The molecule has 2 aromatic rings. The van der Waals surface area contributed by atoms with Crippen LogP contribution in [0.2, 0.25) is 0 Å². The van der Waals surface area contributed by atoms with Gasteiger partial charge in [-0.3, -0.25) is 8.78 Å². The molecule has 1 aromatic heterocycles. The summed E-state index contributed by atoms with van der Waals surface area (Å²) in [6.07, 6.45) is 3.76. The van der Waals surface area contributed by atoms with Crippen molar-refractivity contribution >= 4 is 42.8 Å². The van der Waals surface area contributed by atoms with Crippen LogP contribution in [0, 0.1) is 0 Å². The summed E-state index contributed by atoms with van der Waals surface area (Å²) in [7, 11) is -1.32. The van der Waals surface area contributed by atoms with E-state index in [2.05, 4.69) is 20.9 Å². The summed E-state index contributed by atoms with van der Waals surface area (Å²) in [4.78, 5) is 4.52. The summed E-state index contributed by atoms with van der Waals surface area (Å²) in [5, 5.41) is 0.542. The minimum atomic E-state index is -2.86. The molecule has 2 heterocycles. The lowest BCUT2D eigenvalue weighted by atomic mass is 9.98. The van der Waals surface area contributed by atoms with Crippen molar-refractivity contribution in [3.05, 3.63) is 46.2 Å². The predicted octanol–water partition coefficient (Wildman–Crippen LogP) is 4.19. The smallest absolute Gasteiger partial charge is 0.315 e. The zero-order valence-electron chi connectivity index (χ0n) is 12.4. The van der Waals surface area contributed by atoms with Crippen molar-refractivity contribution in [3.8, 4) is 0 Å². The molecule has 0 saturated carbocycles. The summed E-state index contributed by atoms with van der Waals surface area (Å²) in [5.41, 5.74) is 2.26. The van der Waals surface area contributed by atoms with Crippen LogP contribution in [0.3, 0.4) is 0 Å². The van der Waals surface area contributed by atoms with Crippen LogP contribution in [-0.4, -0.2) is 26.5 Å². The van der Waals surface area contributed by atoms with Gasteiger partial charge in [-0.25, -0.2) is 4.98 Å². The van der Waals surface area contributed by atoms with E-state index in [-0.39, 0.29) is 5.75 Å². The molecule has 0 radical (unpaired) electrons. The van der Waals surface area contributed by atoms with Gasteiger partial charge in [0, 0.05) is 4.47 Å². The van der Waals surface area contributed by atoms with Gasteiger partial charge in [0.05, 0.1) is 33.7 Å². The van der Waals surface area contributed by atoms with Crippen LogP contribution in [0.25, 0.3) is 16.1 Å². The van der Waals surface area contributed by atoms with Crippen molar-refractivity contribution in [2.45, 2.75) is 31.3 Å². The van der Waals surface area contributed by atoms with Gasteiger partial charge >= 0.3 is 6.61 Å². The fourth-order valence-electron chi connectivity index (χ4n) is 3.19.